The van der Waals surface area contributed by atoms with Crippen LogP contribution in [0.3, 0.4) is 0 Å². The number of carbonyl (C=O) groups excluding carboxylic acids is 4. The van der Waals surface area contributed by atoms with Crippen LogP contribution in [0.4, 0.5) is 0 Å². The molecule has 3 fully saturated rings. The lowest BCUT2D eigenvalue weighted by Gasteiger charge is -2.59. The van der Waals surface area contributed by atoms with Gasteiger partial charge in [-0.2, -0.15) is 0 Å². The number of hydrogen-bond donors (Lipinski definition) is 1. The third-order valence-corrected chi connectivity index (χ3v) is 16.2. The Morgan fingerprint density at radius 1 is 0.918 bits per heavy atom. The summed E-state index contributed by atoms with van der Waals surface area (Å²) in [6, 6.07) is 7.96. The van der Waals surface area contributed by atoms with Gasteiger partial charge in [-0.25, -0.2) is 0 Å². The summed E-state index contributed by atoms with van der Waals surface area (Å²) in [5.74, 6) is 0.704. The number of ether oxygens (including phenoxy) is 2. The number of rotatable bonds is 13. The monoisotopic (exact) mass is 862 g/mol. The lowest BCUT2D eigenvalue weighted by molar-refractivity contribution is -0.183. The lowest BCUT2D eigenvalue weighted by atomic mass is 9.47. The van der Waals surface area contributed by atoms with Crippen molar-refractivity contribution in [1.29, 1.82) is 0 Å². The zero-order chi connectivity index (χ0) is 45.2. The minimum Gasteiger partial charge on any atom is -0.462 e. The molecular formula is C53H80ClNO6. The van der Waals surface area contributed by atoms with Crippen LogP contribution in [-0.4, -0.2) is 41.9 Å². The van der Waals surface area contributed by atoms with Gasteiger partial charge in [-0.05, 0) is 175 Å². The summed E-state index contributed by atoms with van der Waals surface area (Å²) in [7, 11) is 0. The molecule has 7 nitrogen and oxygen atoms in total. The number of nitrogens with one attached hydrogen (secondary N) is 1. The number of esters is 2. The Morgan fingerprint density at radius 3 is 2.25 bits per heavy atom. The summed E-state index contributed by atoms with van der Waals surface area (Å²) in [5.41, 5.74) is 1.44. The summed E-state index contributed by atoms with van der Waals surface area (Å²) in [5, 5.41) is 3.87. The maximum Gasteiger partial charge on any atom is 0.312 e. The molecule has 8 heteroatoms. The number of benzene rings is 1. The highest BCUT2D eigenvalue weighted by molar-refractivity contribution is 6.30. The fourth-order valence-corrected chi connectivity index (χ4v) is 12.7. The lowest BCUT2D eigenvalue weighted by Crippen LogP contribution is -2.54. The van der Waals surface area contributed by atoms with Crippen LogP contribution in [0, 0.1) is 50.7 Å². The van der Waals surface area contributed by atoms with Crippen LogP contribution in [0.15, 0.2) is 47.6 Å². The van der Waals surface area contributed by atoms with Crippen molar-refractivity contribution in [2.45, 2.75) is 191 Å². The topological polar surface area (TPSA) is 98.8 Å². The van der Waals surface area contributed by atoms with Crippen LogP contribution >= 0.6 is 11.6 Å². The van der Waals surface area contributed by atoms with Crippen molar-refractivity contribution in [3.8, 4) is 0 Å². The Kier molecular flexibility index (Phi) is 15.3. The number of halogens is 1. The van der Waals surface area contributed by atoms with Crippen LogP contribution in [0.5, 0.6) is 0 Å². The molecule has 1 aromatic carbocycles. The molecule has 4 aliphatic rings. The molecule has 4 aliphatic carbocycles. The van der Waals surface area contributed by atoms with Crippen LogP contribution in [-0.2, 0) is 35.1 Å². The molecule has 1 amide bonds. The Bertz CT molecular complexity index is 1820. The first-order valence-corrected chi connectivity index (χ1v) is 24.2. The average molecular weight is 863 g/mol. The molecule has 0 spiro atoms. The molecule has 0 bridgehead atoms. The second kappa shape index (κ2) is 19.0. The minimum atomic E-state index is -0.985. The smallest absolute Gasteiger partial charge is 0.312 e. The van der Waals surface area contributed by atoms with Crippen LogP contribution in [0.1, 0.15) is 179 Å². The van der Waals surface area contributed by atoms with E-state index in [0.29, 0.717) is 24.8 Å². The number of carbonyl (C=O) groups is 4. The maximum atomic E-state index is 14.1. The standard InChI is InChI=1S/C53H80ClNO6/c1-13-37-21-24-39-46-45(35(2)3)40(56)33-53(46,29-26-43(57)55-32-15-14-17-36-19-22-38(54)23-20-36)31-30-51(39,11)27-16-18-41-50(9,10)42(25-28-52(37,41)12)60-44(58)34-49(7,8)47(59)61-48(4,5)6/h19-20,22-23,26,29,35,37,39,41-42H,13-18,21,24-25,27-28,30-34H2,1-12H3,(H,55,57)/b29-26+/t37-,39+,41?,42-,51+,52+,53-/m0/s1. The van der Waals surface area contributed by atoms with Crippen molar-refractivity contribution in [2.75, 3.05) is 6.54 Å². The van der Waals surface area contributed by atoms with Crippen LogP contribution in [0.2, 0.25) is 5.02 Å². The highest BCUT2D eigenvalue weighted by atomic mass is 35.5. The normalized spacial score (nSPS) is 30.7. The summed E-state index contributed by atoms with van der Waals surface area (Å²) in [6.07, 6.45) is 17.0. The summed E-state index contributed by atoms with van der Waals surface area (Å²) < 4.78 is 12.0. The first kappa shape index (κ1) is 49.1. The number of allylic oxidation sites excluding steroid dienone is 3. The molecule has 0 radical (unpaired) electrons. The molecule has 1 unspecified atom stereocenters. The van der Waals surface area contributed by atoms with Gasteiger partial charge in [0.1, 0.15) is 11.7 Å². The van der Waals surface area contributed by atoms with E-state index in [4.69, 9.17) is 21.1 Å². The number of aryl methyl sites for hydroxylation is 1. The summed E-state index contributed by atoms with van der Waals surface area (Å²) in [6.45, 7) is 26.0. The summed E-state index contributed by atoms with van der Waals surface area (Å²) >= 11 is 6.04. The quantitative estimate of drug-likeness (QED) is 0.120. The predicted octanol–water partition coefficient (Wildman–Crippen LogP) is 12.8. The average Bonchev–Trinajstić information content (AvgIpc) is 3.46. The van der Waals surface area contributed by atoms with E-state index in [9.17, 15) is 19.2 Å². The number of amides is 1. The third kappa shape index (κ3) is 11.1. The van der Waals surface area contributed by atoms with E-state index in [1.807, 2.05) is 32.9 Å². The highest BCUT2D eigenvalue weighted by Crippen LogP contribution is 2.65. The second-order valence-corrected chi connectivity index (χ2v) is 23.1. The molecular weight excluding hydrogens is 782 g/mol. The van der Waals surface area contributed by atoms with E-state index in [1.54, 1.807) is 19.9 Å². The highest BCUT2D eigenvalue weighted by Gasteiger charge is 2.58. The number of ketones is 1. The Labute approximate surface area is 374 Å². The van der Waals surface area contributed by atoms with Crippen molar-refractivity contribution >= 4 is 35.2 Å². The molecule has 0 saturated heterocycles. The van der Waals surface area contributed by atoms with E-state index >= 15 is 0 Å². The third-order valence-electron chi connectivity index (χ3n) is 15.9. The van der Waals surface area contributed by atoms with Gasteiger partial charge in [0.15, 0.2) is 5.78 Å². The SMILES string of the molecule is CC[C@H]1CC[C@@H]2C3=C(C(C)C)C(=O)C[C@]3(/C=C/C(=O)NCCCCc3ccc(Cl)cc3)CC[C@@]2(C)CCCC2C(C)(C)[C@@H](OC(=O)CC(C)(C)C(=O)OC(C)(C)C)CC[C@@]21C. The van der Waals surface area contributed by atoms with Crippen molar-refractivity contribution in [2.24, 2.45) is 50.7 Å². The van der Waals surface area contributed by atoms with E-state index < -0.39 is 16.4 Å². The van der Waals surface area contributed by atoms with Gasteiger partial charge in [-0.15, -0.1) is 0 Å². The Balaban J connectivity index is 1.32. The molecule has 0 heterocycles. The van der Waals surface area contributed by atoms with Crippen molar-refractivity contribution in [3.05, 3.63) is 58.1 Å². The van der Waals surface area contributed by atoms with E-state index in [2.05, 4.69) is 72.0 Å². The predicted molar refractivity (Wildman–Crippen MR) is 247 cm³/mol. The van der Waals surface area contributed by atoms with Crippen LogP contribution in [0.25, 0.3) is 0 Å². The molecule has 3 saturated carbocycles. The molecule has 1 N–H and O–H groups in total. The van der Waals surface area contributed by atoms with Gasteiger partial charge in [0.25, 0.3) is 0 Å². The molecule has 0 aromatic heterocycles. The number of fused-ring (bicyclic) bond motifs is 4. The molecule has 61 heavy (non-hydrogen) atoms. The van der Waals surface area contributed by atoms with Crippen molar-refractivity contribution in [1.82, 2.24) is 5.32 Å². The van der Waals surface area contributed by atoms with Gasteiger partial charge in [0.05, 0.1) is 11.8 Å². The largest absolute Gasteiger partial charge is 0.462 e. The Morgan fingerprint density at radius 2 is 1.61 bits per heavy atom. The van der Waals surface area contributed by atoms with Crippen molar-refractivity contribution < 1.29 is 28.7 Å². The van der Waals surface area contributed by atoms with Gasteiger partial charge in [-0.1, -0.05) is 91.1 Å². The first-order chi connectivity index (χ1) is 28.4. The molecule has 0 aliphatic heterocycles. The number of hydrogen-bond acceptors (Lipinski definition) is 6. The molecule has 7 atom stereocenters. The number of Topliss-reactive ketones (excluding diaryl/α,β-unsaturated/α-hetero) is 1. The molecule has 5 rings (SSSR count). The minimum absolute atomic E-state index is 0.0162. The van der Waals surface area contributed by atoms with Crippen LogP contribution < -0.4 is 5.32 Å². The maximum absolute atomic E-state index is 14.1. The van der Waals surface area contributed by atoms with Gasteiger partial charge in [0.2, 0.25) is 5.91 Å². The van der Waals surface area contributed by atoms with Gasteiger partial charge >= 0.3 is 11.9 Å². The fraction of sp³-hybridized carbons (Fsp3) is 0.736. The van der Waals surface area contributed by atoms with E-state index in [-0.39, 0.29) is 64.2 Å². The first-order valence-electron chi connectivity index (χ1n) is 23.8. The van der Waals surface area contributed by atoms with Gasteiger partial charge in [0, 0.05) is 28.8 Å². The zero-order valence-electron chi connectivity index (χ0n) is 40.0. The molecule has 340 valence electrons. The fourth-order valence-electron chi connectivity index (χ4n) is 12.5. The van der Waals surface area contributed by atoms with E-state index in [0.717, 1.165) is 94.1 Å². The van der Waals surface area contributed by atoms with E-state index in [1.165, 1.54) is 11.1 Å². The van der Waals surface area contributed by atoms with Crippen molar-refractivity contribution in [3.63, 3.8) is 0 Å². The second-order valence-electron chi connectivity index (χ2n) is 22.7. The van der Waals surface area contributed by atoms with Gasteiger partial charge in [-0.3, -0.25) is 19.2 Å². The molecule has 1 aromatic rings. The number of unbranched alkanes of at least 4 members (excludes halogenated alkanes) is 1. The summed E-state index contributed by atoms with van der Waals surface area (Å²) in [4.78, 5) is 54.1. The van der Waals surface area contributed by atoms with Gasteiger partial charge < -0.3 is 14.8 Å². The Hall–Kier alpha value is -2.93. The zero-order valence-corrected chi connectivity index (χ0v) is 40.7.